The number of aromatic nitrogens is 3. The summed E-state index contributed by atoms with van der Waals surface area (Å²) in [6, 6.07) is 22.9. The number of carbonyl (C=O) groups excluding carboxylic acids is 2. The van der Waals surface area contributed by atoms with E-state index in [1.165, 1.54) is 4.68 Å². The monoisotopic (exact) mass is 461 g/mol. The van der Waals surface area contributed by atoms with Crippen molar-refractivity contribution in [3.63, 3.8) is 0 Å². The van der Waals surface area contributed by atoms with E-state index in [2.05, 4.69) is 10.1 Å². The number of nitrogens with zero attached hydrogens (tertiary/aromatic N) is 3. The first kappa shape index (κ1) is 22.2. The van der Waals surface area contributed by atoms with Crippen LogP contribution in [0.25, 0.3) is 17.1 Å². The first-order chi connectivity index (χ1) is 16.0. The van der Waals surface area contributed by atoms with Gasteiger partial charge in [0.15, 0.2) is 18.2 Å². The lowest BCUT2D eigenvalue weighted by Gasteiger charge is -2.08. The summed E-state index contributed by atoms with van der Waals surface area (Å²) < 4.78 is 12.2. The van der Waals surface area contributed by atoms with Crippen LogP contribution in [-0.4, -0.2) is 39.7 Å². The van der Waals surface area contributed by atoms with Crippen LogP contribution in [-0.2, 0) is 4.74 Å². The lowest BCUT2D eigenvalue weighted by Crippen LogP contribution is -2.15. The molecule has 4 aromatic rings. The Balaban J connectivity index is 1.63. The Bertz CT molecular complexity index is 1270. The molecule has 0 unspecified atom stereocenters. The van der Waals surface area contributed by atoms with E-state index in [0.717, 1.165) is 0 Å². The summed E-state index contributed by atoms with van der Waals surface area (Å²) in [6.07, 6.45) is 0. The zero-order chi connectivity index (χ0) is 23.2. The van der Waals surface area contributed by atoms with E-state index in [4.69, 9.17) is 21.1 Å². The minimum atomic E-state index is -0.799. The van der Waals surface area contributed by atoms with Crippen molar-refractivity contribution in [2.75, 3.05) is 13.2 Å². The number of esters is 1. The molecule has 0 spiro atoms. The molecule has 0 aliphatic heterocycles. The van der Waals surface area contributed by atoms with Gasteiger partial charge in [-0.2, -0.15) is 0 Å². The predicted octanol–water partition coefficient (Wildman–Crippen LogP) is 5.03. The van der Waals surface area contributed by atoms with Gasteiger partial charge in [0.05, 0.1) is 12.3 Å². The highest BCUT2D eigenvalue weighted by Crippen LogP contribution is 2.25. The molecule has 0 N–H and O–H groups in total. The van der Waals surface area contributed by atoms with Crippen LogP contribution in [0, 0.1) is 0 Å². The average molecular weight is 462 g/mol. The highest BCUT2D eigenvalue weighted by molar-refractivity contribution is 6.30. The fraction of sp³-hybridized carbons (Fsp3) is 0.120. The van der Waals surface area contributed by atoms with Gasteiger partial charge in [0.25, 0.3) is 5.82 Å². The number of halogens is 1. The SMILES string of the molecule is CCOc1ccc(-n2nc(C(=O)OCC(=O)c3ccccc3)nc2-c2cccc(Cl)c2)cc1. The Labute approximate surface area is 195 Å². The number of carbonyl (C=O) groups is 2. The van der Waals surface area contributed by atoms with E-state index in [1.54, 1.807) is 60.7 Å². The second-order valence-electron chi connectivity index (χ2n) is 6.97. The minimum absolute atomic E-state index is 0.167. The van der Waals surface area contributed by atoms with Crippen LogP contribution in [0.2, 0.25) is 5.02 Å². The molecule has 8 heteroatoms. The van der Waals surface area contributed by atoms with Crippen molar-refractivity contribution in [3.8, 4) is 22.8 Å². The minimum Gasteiger partial charge on any atom is -0.494 e. The van der Waals surface area contributed by atoms with Crippen molar-refractivity contribution < 1.29 is 19.1 Å². The van der Waals surface area contributed by atoms with Crippen molar-refractivity contribution in [2.45, 2.75) is 6.92 Å². The zero-order valence-electron chi connectivity index (χ0n) is 17.8. The summed E-state index contributed by atoms with van der Waals surface area (Å²) in [4.78, 5) is 29.3. The summed E-state index contributed by atoms with van der Waals surface area (Å²) >= 11 is 6.16. The zero-order valence-corrected chi connectivity index (χ0v) is 18.5. The average Bonchev–Trinajstić information content (AvgIpc) is 3.29. The molecule has 1 heterocycles. The number of rotatable bonds is 8. The number of ether oxygens (including phenoxy) is 2. The maximum atomic E-state index is 12.7. The molecule has 166 valence electrons. The molecule has 0 radical (unpaired) electrons. The lowest BCUT2D eigenvalue weighted by molar-refractivity contribution is 0.0462. The van der Waals surface area contributed by atoms with Crippen molar-refractivity contribution >= 4 is 23.4 Å². The quantitative estimate of drug-likeness (QED) is 0.270. The Morgan fingerprint density at radius 2 is 1.73 bits per heavy atom. The molecule has 0 saturated carbocycles. The van der Waals surface area contributed by atoms with Gasteiger partial charge in [0.1, 0.15) is 5.75 Å². The van der Waals surface area contributed by atoms with Gasteiger partial charge < -0.3 is 9.47 Å². The summed E-state index contributed by atoms with van der Waals surface area (Å²) in [5, 5.41) is 4.87. The number of hydrogen-bond acceptors (Lipinski definition) is 6. The van der Waals surface area contributed by atoms with Crippen molar-refractivity contribution in [1.29, 1.82) is 0 Å². The van der Waals surface area contributed by atoms with Crippen LogP contribution in [0.15, 0.2) is 78.9 Å². The summed E-state index contributed by atoms with van der Waals surface area (Å²) in [6.45, 7) is 2.05. The van der Waals surface area contributed by atoms with Gasteiger partial charge in [0.2, 0.25) is 0 Å². The van der Waals surface area contributed by atoms with Crippen molar-refractivity contribution in [1.82, 2.24) is 14.8 Å². The van der Waals surface area contributed by atoms with E-state index >= 15 is 0 Å². The van der Waals surface area contributed by atoms with E-state index in [0.29, 0.717) is 40.0 Å². The molecule has 7 nitrogen and oxygen atoms in total. The van der Waals surface area contributed by atoms with Crippen molar-refractivity contribution in [2.24, 2.45) is 0 Å². The van der Waals surface area contributed by atoms with Crippen LogP contribution in [0.5, 0.6) is 5.75 Å². The molecule has 4 rings (SSSR count). The molecule has 3 aromatic carbocycles. The third kappa shape index (κ3) is 5.27. The fourth-order valence-electron chi connectivity index (χ4n) is 3.15. The standard InChI is InChI=1S/C25H20ClN3O4/c1-2-32-21-13-11-20(12-14-21)29-24(18-9-6-10-19(26)15-18)27-23(28-29)25(31)33-16-22(30)17-7-4-3-5-8-17/h3-15H,2,16H2,1H3. The molecular weight excluding hydrogens is 442 g/mol. The smallest absolute Gasteiger partial charge is 0.378 e. The second kappa shape index (κ2) is 10.1. The summed E-state index contributed by atoms with van der Waals surface area (Å²) in [5.41, 5.74) is 1.79. The number of ketones is 1. The molecule has 0 aliphatic carbocycles. The van der Waals surface area contributed by atoms with Crippen LogP contribution in [0.1, 0.15) is 27.9 Å². The van der Waals surface area contributed by atoms with E-state index in [9.17, 15) is 9.59 Å². The van der Waals surface area contributed by atoms with Gasteiger partial charge in [-0.05, 0) is 43.3 Å². The molecule has 0 fully saturated rings. The third-order valence-electron chi connectivity index (χ3n) is 4.69. The molecule has 0 bridgehead atoms. The molecule has 0 atom stereocenters. The third-order valence-corrected chi connectivity index (χ3v) is 4.93. The summed E-state index contributed by atoms with van der Waals surface area (Å²) in [7, 11) is 0. The maximum absolute atomic E-state index is 12.7. The Kier molecular flexibility index (Phi) is 6.80. The number of benzene rings is 3. The van der Waals surface area contributed by atoms with Crippen LogP contribution in [0.4, 0.5) is 0 Å². The summed E-state index contributed by atoms with van der Waals surface area (Å²) in [5.74, 6) is -0.162. The van der Waals surface area contributed by atoms with Gasteiger partial charge in [-0.3, -0.25) is 4.79 Å². The maximum Gasteiger partial charge on any atom is 0.378 e. The molecular formula is C25H20ClN3O4. The first-order valence-electron chi connectivity index (χ1n) is 10.3. The van der Waals surface area contributed by atoms with E-state index < -0.39 is 12.6 Å². The normalized spacial score (nSPS) is 10.6. The van der Waals surface area contributed by atoms with Crippen LogP contribution in [0.3, 0.4) is 0 Å². The fourth-order valence-corrected chi connectivity index (χ4v) is 3.34. The van der Waals surface area contributed by atoms with E-state index in [-0.39, 0.29) is 11.6 Å². The second-order valence-corrected chi connectivity index (χ2v) is 7.41. The number of hydrogen-bond donors (Lipinski definition) is 0. The van der Waals surface area contributed by atoms with Crippen LogP contribution < -0.4 is 4.74 Å². The van der Waals surface area contributed by atoms with Gasteiger partial charge in [-0.1, -0.05) is 54.1 Å². The molecule has 0 amide bonds. The van der Waals surface area contributed by atoms with Gasteiger partial charge >= 0.3 is 5.97 Å². The number of Topliss-reactive ketones (excluding diaryl/α,β-unsaturated/α-hetero) is 1. The van der Waals surface area contributed by atoms with Crippen molar-refractivity contribution in [3.05, 3.63) is 95.3 Å². The predicted molar refractivity (Wildman–Crippen MR) is 124 cm³/mol. The Morgan fingerprint density at radius 1 is 0.970 bits per heavy atom. The Hall–Kier alpha value is -3.97. The van der Waals surface area contributed by atoms with Gasteiger partial charge in [-0.15, -0.1) is 5.10 Å². The van der Waals surface area contributed by atoms with E-state index in [1.807, 2.05) is 25.1 Å². The highest BCUT2D eigenvalue weighted by atomic mass is 35.5. The first-order valence-corrected chi connectivity index (χ1v) is 10.6. The van der Waals surface area contributed by atoms with Gasteiger partial charge in [0, 0.05) is 16.1 Å². The molecule has 33 heavy (non-hydrogen) atoms. The largest absolute Gasteiger partial charge is 0.494 e. The van der Waals surface area contributed by atoms with Crippen LogP contribution >= 0.6 is 11.6 Å². The highest BCUT2D eigenvalue weighted by Gasteiger charge is 2.21. The molecule has 1 aromatic heterocycles. The topological polar surface area (TPSA) is 83.3 Å². The molecule has 0 saturated heterocycles. The Morgan fingerprint density at radius 3 is 2.42 bits per heavy atom. The van der Waals surface area contributed by atoms with Gasteiger partial charge in [-0.25, -0.2) is 14.5 Å². The molecule has 0 aliphatic rings. The lowest BCUT2D eigenvalue weighted by atomic mass is 10.1.